The molecule has 1 amide bonds. The number of hydrogen-bond donors (Lipinski definition) is 3. The molecular formula is C15H20ClFN4O. The maximum Gasteiger partial charge on any atom is 0.264 e. The van der Waals surface area contributed by atoms with E-state index in [1.165, 1.54) is 18.2 Å². The number of nitrogens with one attached hydrogen (secondary N) is 1. The largest absolute Gasteiger partial charge is 0.394 e. The van der Waals surface area contributed by atoms with Crippen molar-refractivity contribution in [1.29, 1.82) is 0 Å². The van der Waals surface area contributed by atoms with E-state index < -0.39 is 11.7 Å². The van der Waals surface area contributed by atoms with Gasteiger partial charge in [-0.15, -0.1) is 0 Å². The molecule has 1 fully saturated rings. The first-order valence-electron chi connectivity index (χ1n) is 7.01. The van der Waals surface area contributed by atoms with Crippen molar-refractivity contribution in [2.24, 2.45) is 16.5 Å². The van der Waals surface area contributed by atoms with Crippen LogP contribution in [0.2, 0.25) is 5.02 Å². The fraction of sp³-hybridized carbons (Fsp3) is 0.333. The highest BCUT2D eigenvalue weighted by atomic mass is 35.5. The van der Waals surface area contributed by atoms with Crippen molar-refractivity contribution in [2.75, 3.05) is 13.1 Å². The average Bonchev–Trinajstić information content (AvgIpc) is 2.52. The molecule has 0 saturated carbocycles. The molecule has 0 atom stereocenters. The Bertz CT molecular complexity index is 614. The normalized spacial score (nSPS) is 18.5. The van der Waals surface area contributed by atoms with Crippen LogP contribution in [0.5, 0.6) is 0 Å². The predicted molar refractivity (Wildman–Crippen MR) is 87.7 cm³/mol. The fourth-order valence-corrected chi connectivity index (χ4v) is 2.10. The molecule has 1 aromatic rings. The minimum Gasteiger partial charge on any atom is -0.394 e. The Morgan fingerprint density at radius 1 is 1.36 bits per heavy atom. The summed E-state index contributed by atoms with van der Waals surface area (Å²) >= 11 is 5.71. The van der Waals surface area contributed by atoms with Gasteiger partial charge < -0.3 is 16.8 Å². The molecule has 0 unspecified atom stereocenters. The number of amides is 1. The van der Waals surface area contributed by atoms with Crippen molar-refractivity contribution in [1.82, 2.24) is 5.32 Å². The smallest absolute Gasteiger partial charge is 0.264 e. The summed E-state index contributed by atoms with van der Waals surface area (Å²) < 4.78 is 13.1. The molecule has 1 heterocycles. The molecule has 5 nitrogen and oxygen atoms in total. The van der Waals surface area contributed by atoms with Crippen LogP contribution in [0.3, 0.4) is 0 Å². The van der Waals surface area contributed by atoms with Crippen molar-refractivity contribution in [2.45, 2.75) is 20.3 Å². The summed E-state index contributed by atoms with van der Waals surface area (Å²) in [6, 6.07) is 4.15. The molecular weight excluding hydrogens is 307 g/mol. The van der Waals surface area contributed by atoms with Gasteiger partial charge in [0.25, 0.3) is 5.91 Å². The molecule has 120 valence electrons. The minimum atomic E-state index is -0.674. The Balaban J connectivity index is 0.00000116. The number of benzene rings is 1. The molecule has 1 aromatic carbocycles. The molecule has 1 aliphatic rings. The predicted octanol–water partition coefficient (Wildman–Crippen LogP) is 2.27. The Kier molecular flexibility index (Phi) is 7.01. The molecule has 7 heteroatoms. The third-order valence-electron chi connectivity index (χ3n) is 2.95. The van der Waals surface area contributed by atoms with E-state index in [0.29, 0.717) is 36.5 Å². The van der Waals surface area contributed by atoms with E-state index >= 15 is 0 Å². The molecule has 2 rings (SSSR count). The molecule has 22 heavy (non-hydrogen) atoms. The van der Waals surface area contributed by atoms with Gasteiger partial charge in [-0.3, -0.25) is 9.79 Å². The first-order chi connectivity index (χ1) is 10.5. The standard InChI is InChI=1S/C13H14ClFN4O.C2H6/c14-9-5-7(1-2-10(9)15)19-11-6-18-4-3-8(11)12(16)13(17)20;1-2/h1-2,5,18H,3-4,6,16H2,(H2,17,20);1-2H3/b12-8-,19-11?;. The number of nitrogens with zero attached hydrogens (tertiary/aromatic N) is 1. The van der Waals surface area contributed by atoms with E-state index in [2.05, 4.69) is 10.3 Å². The highest BCUT2D eigenvalue weighted by molar-refractivity contribution is 6.31. The lowest BCUT2D eigenvalue weighted by atomic mass is 10.0. The topological polar surface area (TPSA) is 93.5 Å². The number of carbonyl (C=O) groups is 1. The van der Waals surface area contributed by atoms with Crippen molar-refractivity contribution in [3.05, 3.63) is 40.3 Å². The number of aliphatic imine (C=N–C) groups is 1. The zero-order valence-electron chi connectivity index (χ0n) is 12.6. The summed E-state index contributed by atoms with van der Waals surface area (Å²) in [6.45, 7) is 5.14. The summed E-state index contributed by atoms with van der Waals surface area (Å²) in [5.41, 5.74) is 12.6. The maximum atomic E-state index is 13.1. The molecule has 0 radical (unpaired) electrons. The Morgan fingerprint density at radius 3 is 2.64 bits per heavy atom. The van der Waals surface area contributed by atoms with Crippen LogP contribution >= 0.6 is 11.6 Å². The van der Waals surface area contributed by atoms with Crippen LogP contribution in [0.25, 0.3) is 0 Å². The summed E-state index contributed by atoms with van der Waals surface area (Å²) in [5.74, 6) is -1.18. The number of halogens is 2. The highest BCUT2D eigenvalue weighted by Gasteiger charge is 2.18. The summed E-state index contributed by atoms with van der Waals surface area (Å²) in [7, 11) is 0. The molecule has 1 aliphatic heterocycles. The fourth-order valence-electron chi connectivity index (χ4n) is 1.93. The molecule has 0 spiro atoms. The molecule has 0 aliphatic carbocycles. The summed E-state index contributed by atoms with van der Waals surface area (Å²) in [6.07, 6.45) is 0.558. The third-order valence-corrected chi connectivity index (χ3v) is 3.24. The second-order valence-corrected chi connectivity index (χ2v) is 4.75. The lowest BCUT2D eigenvalue weighted by Gasteiger charge is -2.19. The van der Waals surface area contributed by atoms with E-state index in [-0.39, 0.29) is 10.7 Å². The van der Waals surface area contributed by atoms with Crippen LogP contribution in [0.1, 0.15) is 20.3 Å². The van der Waals surface area contributed by atoms with E-state index in [9.17, 15) is 9.18 Å². The SMILES string of the molecule is CC.NC(=O)/C(N)=C1\CCNCC1=Nc1ccc(F)c(Cl)c1. The van der Waals surface area contributed by atoms with Gasteiger partial charge in [0.05, 0.1) is 16.4 Å². The molecule has 5 N–H and O–H groups in total. The number of carbonyl (C=O) groups excluding carboxylic acids is 1. The lowest BCUT2D eigenvalue weighted by Crippen LogP contribution is -2.35. The van der Waals surface area contributed by atoms with Gasteiger partial charge in [-0.25, -0.2) is 4.39 Å². The first-order valence-corrected chi connectivity index (χ1v) is 7.39. The Labute approximate surface area is 134 Å². The lowest BCUT2D eigenvalue weighted by molar-refractivity contribution is -0.114. The second kappa shape index (κ2) is 8.51. The van der Waals surface area contributed by atoms with Gasteiger partial charge in [0.2, 0.25) is 0 Å². The average molecular weight is 327 g/mol. The van der Waals surface area contributed by atoms with Crippen LogP contribution in [-0.4, -0.2) is 24.7 Å². The number of rotatable bonds is 2. The Morgan fingerprint density at radius 2 is 2.05 bits per heavy atom. The zero-order valence-corrected chi connectivity index (χ0v) is 13.4. The van der Waals surface area contributed by atoms with Gasteiger partial charge >= 0.3 is 0 Å². The van der Waals surface area contributed by atoms with E-state index in [1.54, 1.807) is 0 Å². The van der Waals surface area contributed by atoms with Crippen molar-refractivity contribution >= 4 is 28.9 Å². The number of primary amides is 1. The number of piperidine rings is 1. The van der Waals surface area contributed by atoms with Gasteiger partial charge in [0.1, 0.15) is 11.5 Å². The van der Waals surface area contributed by atoms with Crippen LogP contribution < -0.4 is 16.8 Å². The zero-order chi connectivity index (χ0) is 16.7. The summed E-state index contributed by atoms with van der Waals surface area (Å²) in [5, 5.41) is 3.12. The van der Waals surface area contributed by atoms with Gasteiger partial charge in [0.15, 0.2) is 0 Å². The van der Waals surface area contributed by atoms with Gasteiger partial charge in [-0.2, -0.15) is 0 Å². The maximum absolute atomic E-state index is 13.1. The van der Waals surface area contributed by atoms with Crippen molar-refractivity contribution in [3.63, 3.8) is 0 Å². The van der Waals surface area contributed by atoms with Crippen molar-refractivity contribution < 1.29 is 9.18 Å². The number of hydrogen-bond acceptors (Lipinski definition) is 4. The monoisotopic (exact) mass is 326 g/mol. The first kappa shape index (κ1) is 18.1. The molecule has 0 bridgehead atoms. The minimum absolute atomic E-state index is 0.0102. The quantitative estimate of drug-likeness (QED) is 0.728. The van der Waals surface area contributed by atoms with E-state index in [0.717, 1.165) is 0 Å². The van der Waals surface area contributed by atoms with E-state index in [4.69, 9.17) is 23.1 Å². The molecule has 0 aromatic heterocycles. The summed E-state index contributed by atoms with van der Waals surface area (Å²) in [4.78, 5) is 15.6. The number of nitrogens with two attached hydrogens (primary N) is 2. The van der Waals surface area contributed by atoms with Crippen LogP contribution in [0, 0.1) is 5.82 Å². The molecule has 1 saturated heterocycles. The van der Waals surface area contributed by atoms with Crippen LogP contribution in [0.15, 0.2) is 34.5 Å². The van der Waals surface area contributed by atoms with Gasteiger partial charge in [0, 0.05) is 12.1 Å². The van der Waals surface area contributed by atoms with Gasteiger partial charge in [-0.1, -0.05) is 25.4 Å². The third kappa shape index (κ3) is 4.54. The Hall–Kier alpha value is -1.92. The second-order valence-electron chi connectivity index (χ2n) is 4.34. The van der Waals surface area contributed by atoms with Crippen molar-refractivity contribution in [3.8, 4) is 0 Å². The van der Waals surface area contributed by atoms with Crippen LogP contribution in [-0.2, 0) is 4.79 Å². The highest BCUT2D eigenvalue weighted by Crippen LogP contribution is 2.23. The van der Waals surface area contributed by atoms with E-state index in [1.807, 2.05) is 13.8 Å². The van der Waals surface area contributed by atoms with Crippen LogP contribution in [0.4, 0.5) is 10.1 Å². The van der Waals surface area contributed by atoms with Gasteiger partial charge in [-0.05, 0) is 31.2 Å².